The van der Waals surface area contributed by atoms with Crippen LogP contribution in [0.1, 0.15) is 51.7 Å². The molecule has 3 nitrogen and oxygen atoms in total. The van der Waals surface area contributed by atoms with Crippen molar-refractivity contribution in [3.8, 4) is 28.3 Å². The lowest BCUT2D eigenvalue weighted by Gasteiger charge is -2.42. The van der Waals surface area contributed by atoms with E-state index >= 15 is 0 Å². The van der Waals surface area contributed by atoms with Gasteiger partial charge in [-0.05, 0) is 118 Å². The van der Waals surface area contributed by atoms with Crippen LogP contribution in [0, 0.1) is 0 Å². The van der Waals surface area contributed by atoms with Crippen molar-refractivity contribution >= 4 is 93.5 Å². The van der Waals surface area contributed by atoms with Gasteiger partial charge < -0.3 is 14.2 Å². The third-order valence-corrected chi connectivity index (χ3v) is 14.3. The Labute approximate surface area is 361 Å². The van der Waals surface area contributed by atoms with Crippen molar-refractivity contribution in [3.05, 3.63) is 175 Å². The molecule has 0 fully saturated rings. The molecule has 0 radical (unpaired) electrons. The molecule has 0 spiro atoms. The highest BCUT2D eigenvalue weighted by molar-refractivity contribution is 7.25. The van der Waals surface area contributed by atoms with Gasteiger partial charge in [0.15, 0.2) is 0 Å². The number of hydrogen-bond acceptors (Lipinski definition) is 3. The van der Waals surface area contributed by atoms with Gasteiger partial charge in [-0.1, -0.05) is 137 Å². The van der Waals surface area contributed by atoms with Gasteiger partial charge in [0.05, 0.1) is 11.0 Å². The Kier molecular flexibility index (Phi) is 8.18. The van der Waals surface area contributed by atoms with Crippen LogP contribution < -0.4 is 26.0 Å². The van der Waals surface area contributed by atoms with Crippen molar-refractivity contribution in [2.24, 2.45) is 0 Å². The summed E-state index contributed by atoms with van der Waals surface area (Å²) in [5, 5.41) is 5.16. The van der Waals surface area contributed by atoms with Gasteiger partial charge in [0, 0.05) is 53.7 Å². The third-order valence-electron chi connectivity index (χ3n) is 13.2. The number of fused-ring (bicyclic) bond motifs is 10. The minimum absolute atomic E-state index is 0.0327. The lowest BCUT2D eigenvalue weighted by molar-refractivity contribution is 0.483. The van der Waals surface area contributed by atoms with E-state index in [1.54, 1.807) is 0 Å². The Morgan fingerprint density at radius 3 is 2.03 bits per heavy atom. The summed E-state index contributed by atoms with van der Waals surface area (Å²) >= 11 is 1.91. The molecule has 10 aromatic rings. The van der Waals surface area contributed by atoms with Crippen molar-refractivity contribution in [3.63, 3.8) is 0 Å². The lowest BCUT2D eigenvalue weighted by atomic mass is 9.34. The van der Waals surface area contributed by atoms with Crippen LogP contribution in [0.15, 0.2) is 164 Å². The molecular formula is C56H45BN2OS. The van der Waals surface area contributed by atoms with Crippen LogP contribution in [0.3, 0.4) is 0 Å². The van der Waals surface area contributed by atoms with Gasteiger partial charge in [0.1, 0.15) is 11.5 Å². The number of anilines is 3. The van der Waals surface area contributed by atoms with Crippen molar-refractivity contribution in [2.45, 2.75) is 52.4 Å². The molecule has 12 rings (SSSR count). The lowest BCUT2D eigenvalue weighted by Crippen LogP contribution is -2.59. The molecule has 5 heteroatoms. The number of para-hydroxylation sites is 2. The van der Waals surface area contributed by atoms with Crippen LogP contribution >= 0.6 is 11.3 Å². The Balaban J connectivity index is 1.20. The van der Waals surface area contributed by atoms with E-state index in [9.17, 15) is 0 Å². The summed E-state index contributed by atoms with van der Waals surface area (Å²) in [4.78, 5) is 2.63. The quantitative estimate of drug-likeness (QED) is 0.156. The normalized spacial score (nSPS) is 13.2. The van der Waals surface area contributed by atoms with Crippen LogP contribution in [0.2, 0.25) is 0 Å². The summed E-state index contributed by atoms with van der Waals surface area (Å²) in [7, 11) is 0. The van der Waals surface area contributed by atoms with Gasteiger partial charge in [-0.15, -0.1) is 11.3 Å². The number of thiophene rings is 1. The molecule has 0 amide bonds. The van der Waals surface area contributed by atoms with Crippen LogP contribution in [0.4, 0.5) is 17.1 Å². The number of benzene rings is 8. The first-order chi connectivity index (χ1) is 29.8. The maximum Gasteiger partial charge on any atom is 0.256 e. The van der Waals surface area contributed by atoms with E-state index in [1.807, 2.05) is 11.3 Å². The fourth-order valence-electron chi connectivity index (χ4n) is 10.2. The highest BCUT2D eigenvalue weighted by atomic mass is 32.1. The summed E-state index contributed by atoms with van der Waals surface area (Å²) in [6, 6.07) is 61.2. The average molecular weight is 805 g/mol. The molecule has 0 bridgehead atoms. The zero-order chi connectivity index (χ0) is 41.0. The number of aromatic nitrogens is 1. The predicted molar refractivity (Wildman–Crippen MR) is 262 cm³/mol. The summed E-state index contributed by atoms with van der Waals surface area (Å²) in [6.07, 6.45) is 3.25. The van der Waals surface area contributed by atoms with Gasteiger partial charge in [0.25, 0.3) is 6.71 Å². The number of hydrogen-bond donors (Lipinski definition) is 0. The van der Waals surface area contributed by atoms with E-state index in [2.05, 4.69) is 201 Å². The van der Waals surface area contributed by atoms with E-state index in [0.717, 1.165) is 36.4 Å². The zero-order valence-electron chi connectivity index (χ0n) is 35.0. The molecule has 0 unspecified atom stereocenters. The minimum atomic E-state index is -0.114. The van der Waals surface area contributed by atoms with Crippen LogP contribution in [0.5, 0.6) is 11.5 Å². The minimum Gasteiger partial charge on any atom is -0.458 e. The van der Waals surface area contributed by atoms with Crippen molar-refractivity contribution in [1.29, 1.82) is 0 Å². The number of aryl methyl sites for hydroxylation is 1. The van der Waals surface area contributed by atoms with Gasteiger partial charge in [-0.2, -0.15) is 0 Å². The largest absolute Gasteiger partial charge is 0.458 e. The second-order valence-electron chi connectivity index (χ2n) is 17.9. The number of rotatable bonds is 6. The molecule has 61 heavy (non-hydrogen) atoms. The van der Waals surface area contributed by atoms with E-state index in [4.69, 9.17) is 4.74 Å². The fourth-order valence-corrected chi connectivity index (χ4v) is 11.3. The fraction of sp³-hybridized carbons (Fsp3) is 0.143. The van der Waals surface area contributed by atoms with E-state index in [0.29, 0.717) is 0 Å². The van der Waals surface area contributed by atoms with E-state index in [-0.39, 0.29) is 12.1 Å². The Hall–Kier alpha value is -6.56. The second kappa shape index (κ2) is 13.7. The van der Waals surface area contributed by atoms with Crippen LogP contribution in [-0.2, 0) is 11.8 Å². The Morgan fingerprint density at radius 1 is 0.557 bits per heavy atom. The standard InChI is InChI=1S/C56H45BN2OS/c1-5-6-16-37-30-54-43(42-21-12-15-24-53(42)61-54)34-48(37)59-49-33-39(58-46-22-13-10-19-40(46)41-20-11-14-23-47(41)58)26-27-44(49)57-45-29-36(35-17-8-7-9-18-35)25-28-51(45)60-52-32-38(56(2,3)4)31-50(59)55(52)57/h7-15,17-34H,5-6,16H2,1-4H3. The third kappa shape index (κ3) is 5.63. The molecule has 0 atom stereocenters. The molecule has 0 aliphatic carbocycles. The monoisotopic (exact) mass is 804 g/mol. The molecule has 0 N–H and O–H groups in total. The Bertz CT molecular complexity index is 3340. The van der Waals surface area contributed by atoms with Crippen molar-refractivity contribution < 1.29 is 4.74 Å². The first-order valence-corrected chi connectivity index (χ1v) is 22.6. The summed E-state index contributed by atoms with van der Waals surface area (Å²) in [5.41, 5.74) is 15.9. The number of ether oxygens (including phenoxy) is 1. The zero-order valence-corrected chi connectivity index (χ0v) is 35.8. The number of unbranched alkanes of at least 4 members (excludes halogenated alkanes) is 1. The topological polar surface area (TPSA) is 17.4 Å². The SMILES string of the molecule is CCCCc1cc2sc3ccccc3c2cc1N1c2cc(-n3c4ccccc4c4ccccc43)ccc2B2c3cc(-c4ccccc4)ccc3Oc3cc(C(C)(C)C)cc1c32. The Morgan fingerprint density at radius 2 is 1.28 bits per heavy atom. The van der Waals surface area contributed by atoms with Crippen LogP contribution in [0.25, 0.3) is 58.8 Å². The van der Waals surface area contributed by atoms with Gasteiger partial charge in [-0.25, -0.2) is 0 Å². The highest BCUT2D eigenvalue weighted by Crippen LogP contribution is 2.48. The van der Waals surface area contributed by atoms with Crippen molar-refractivity contribution in [1.82, 2.24) is 4.57 Å². The average Bonchev–Trinajstić information content (AvgIpc) is 3.82. The van der Waals surface area contributed by atoms with E-state index < -0.39 is 0 Å². The molecule has 2 aliphatic rings. The first-order valence-electron chi connectivity index (χ1n) is 21.8. The molecule has 8 aromatic carbocycles. The molecule has 2 aromatic heterocycles. The molecule has 0 saturated heterocycles. The van der Waals surface area contributed by atoms with Gasteiger partial charge >= 0.3 is 0 Å². The molecule has 2 aliphatic heterocycles. The van der Waals surface area contributed by atoms with Gasteiger partial charge in [0.2, 0.25) is 0 Å². The molecule has 4 heterocycles. The van der Waals surface area contributed by atoms with Crippen LogP contribution in [-0.4, -0.2) is 11.3 Å². The summed E-state index contributed by atoms with van der Waals surface area (Å²) in [6.45, 7) is 9.23. The molecule has 294 valence electrons. The van der Waals surface area contributed by atoms with E-state index in [1.165, 1.54) is 97.7 Å². The molecule has 0 saturated carbocycles. The number of nitrogens with zero attached hydrogens (tertiary/aromatic N) is 2. The highest BCUT2D eigenvalue weighted by Gasteiger charge is 2.43. The van der Waals surface area contributed by atoms with Gasteiger partial charge in [-0.3, -0.25) is 0 Å². The summed E-state index contributed by atoms with van der Waals surface area (Å²) in [5.74, 6) is 1.88. The summed E-state index contributed by atoms with van der Waals surface area (Å²) < 4.78 is 12.3. The molecular weight excluding hydrogens is 760 g/mol. The predicted octanol–water partition coefficient (Wildman–Crippen LogP) is 13.9. The second-order valence-corrected chi connectivity index (χ2v) is 19.0. The smallest absolute Gasteiger partial charge is 0.256 e. The first kappa shape index (κ1) is 36.3. The van der Waals surface area contributed by atoms with Crippen molar-refractivity contribution in [2.75, 3.05) is 4.90 Å². The maximum atomic E-state index is 7.11. The maximum absolute atomic E-state index is 7.11.